The van der Waals surface area contributed by atoms with Gasteiger partial charge in [0.05, 0.1) is 0 Å². The van der Waals surface area contributed by atoms with Crippen LogP contribution in [0.1, 0.15) is 0 Å². The molecule has 3 N–H and O–H groups in total. The molecule has 1 aromatic rings. The molecule has 6 heteroatoms. The number of nitrogens with two attached hydrogens (primary N) is 1. The van der Waals surface area contributed by atoms with Crippen LogP contribution < -0.4 is 16.0 Å². The zero-order valence-corrected chi connectivity index (χ0v) is 8.70. The maximum atomic E-state index is 5.41. The molecule has 0 amide bonds. The van der Waals surface area contributed by atoms with Crippen molar-refractivity contribution < 1.29 is 4.74 Å². The van der Waals surface area contributed by atoms with Crippen LogP contribution >= 0.6 is 34.8 Å². The maximum Gasteiger partial charge on any atom is 0.338 e. The van der Waals surface area contributed by atoms with Gasteiger partial charge in [-0.2, -0.15) is 0 Å². The zero-order chi connectivity index (χ0) is 9.90. The number of hydrogen-bond acceptors (Lipinski definition) is 3. The molecule has 0 aliphatic carbocycles. The Labute approximate surface area is 90.7 Å². The fourth-order valence-electron chi connectivity index (χ4n) is 0.753. The lowest BCUT2D eigenvalue weighted by atomic mass is 10.3. The van der Waals surface area contributed by atoms with Crippen molar-refractivity contribution >= 4 is 40.5 Å². The lowest BCUT2D eigenvalue weighted by Crippen LogP contribution is -2.12. The van der Waals surface area contributed by atoms with Crippen molar-refractivity contribution in [1.82, 2.24) is 0 Å². The number of anilines is 1. The number of nitrogens with one attached hydrogen (secondary N) is 1. The average Bonchev–Trinajstić information content (AvgIpc) is 2.03. The van der Waals surface area contributed by atoms with Gasteiger partial charge in [-0.3, -0.25) is 5.84 Å². The summed E-state index contributed by atoms with van der Waals surface area (Å²) in [5, 5.41) is 0. The van der Waals surface area contributed by atoms with Crippen molar-refractivity contribution in [3.05, 3.63) is 24.3 Å². The summed E-state index contributed by atoms with van der Waals surface area (Å²) in [6.45, 7) is 0. The first-order valence-electron chi connectivity index (χ1n) is 3.34. The van der Waals surface area contributed by atoms with Crippen LogP contribution in [0.15, 0.2) is 24.3 Å². The van der Waals surface area contributed by atoms with Crippen molar-refractivity contribution in [3.63, 3.8) is 0 Å². The van der Waals surface area contributed by atoms with Crippen LogP contribution in [0.3, 0.4) is 0 Å². The molecule has 0 bridgehead atoms. The Kier molecular flexibility index (Phi) is 3.50. The Balaban J connectivity index is 2.70. The van der Waals surface area contributed by atoms with E-state index in [9.17, 15) is 0 Å². The van der Waals surface area contributed by atoms with Crippen molar-refractivity contribution in [2.24, 2.45) is 5.84 Å². The van der Waals surface area contributed by atoms with E-state index in [2.05, 4.69) is 5.43 Å². The molecule has 0 atom stereocenters. The Morgan fingerprint density at radius 2 is 1.69 bits per heavy atom. The van der Waals surface area contributed by atoms with Gasteiger partial charge >= 0.3 is 3.98 Å². The standard InChI is InChI=1S/C7H7Cl3N2O/c8-7(9,10)13-6-3-1-5(12-11)2-4-6/h1-4,12H,11H2. The smallest absolute Gasteiger partial charge is 0.338 e. The molecule has 0 unspecified atom stereocenters. The number of ether oxygens (including phenoxy) is 1. The van der Waals surface area contributed by atoms with Gasteiger partial charge in [-0.1, -0.05) is 0 Å². The molecule has 0 radical (unpaired) electrons. The molecule has 3 nitrogen and oxygen atoms in total. The second-order valence-electron chi connectivity index (χ2n) is 2.22. The van der Waals surface area contributed by atoms with Gasteiger partial charge in [0.25, 0.3) is 0 Å². The molecule has 0 fully saturated rings. The van der Waals surface area contributed by atoms with Gasteiger partial charge in [0.1, 0.15) is 5.75 Å². The molecule has 72 valence electrons. The van der Waals surface area contributed by atoms with E-state index in [1.54, 1.807) is 24.3 Å². The van der Waals surface area contributed by atoms with Gasteiger partial charge in [-0.15, -0.1) is 0 Å². The molecule has 13 heavy (non-hydrogen) atoms. The van der Waals surface area contributed by atoms with Crippen LogP contribution in [0.2, 0.25) is 0 Å². The zero-order valence-electron chi connectivity index (χ0n) is 6.43. The van der Waals surface area contributed by atoms with E-state index in [4.69, 9.17) is 45.4 Å². The molecular weight excluding hydrogens is 234 g/mol. The number of hydrazine groups is 1. The van der Waals surface area contributed by atoms with Gasteiger partial charge in [0.2, 0.25) is 0 Å². The highest BCUT2D eigenvalue weighted by atomic mass is 35.6. The summed E-state index contributed by atoms with van der Waals surface area (Å²) in [6.07, 6.45) is 0. The Morgan fingerprint density at radius 1 is 1.15 bits per heavy atom. The second-order valence-corrected chi connectivity index (χ2v) is 4.39. The number of hydrogen-bond donors (Lipinski definition) is 2. The minimum absolute atomic E-state index is 0.457. The minimum atomic E-state index is -1.74. The Bertz CT molecular complexity index is 270. The van der Waals surface area contributed by atoms with Crippen molar-refractivity contribution in [2.75, 3.05) is 5.43 Å². The topological polar surface area (TPSA) is 47.3 Å². The summed E-state index contributed by atoms with van der Waals surface area (Å²) in [4.78, 5) is 0. The molecule has 0 heterocycles. The molecule has 1 rings (SSSR count). The number of rotatable bonds is 2. The van der Waals surface area contributed by atoms with E-state index in [1.807, 2.05) is 0 Å². The molecule has 0 aliphatic rings. The number of halogens is 3. The average molecular weight is 242 g/mol. The predicted octanol–water partition coefficient (Wildman–Crippen LogP) is 2.68. The van der Waals surface area contributed by atoms with Crippen molar-refractivity contribution in [3.8, 4) is 5.75 Å². The van der Waals surface area contributed by atoms with E-state index < -0.39 is 3.98 Å². The van der Waals surface area contributed by atoms with Crippen LogP contribution in [-0.4, -0.2) is 3.98 Å². The fraction of sp³-hybridized carbons (Fsp3) is 0.143. The van der Waals surface area contributed by atoms with E-state index in [0.717, 1.165) is 5.69 Å². The first-order chi connectivity index (χ1) is 6.01. The highest BCUT2D eigenvalue weighted by molar-refractivity contribution is 6.66. The first kappa shape index (κ1) is 10.7. The van der Waals surface area contributed by atoms with Crippen LogP contribution in [0.4, 0.5) is 5.69 Å². The SMILES string of the molecule is NNc1ccc(OC(Cl)(Cl)Cl)cc1. The third-order valence-electron chi connectivity index (χ3n) is 1.25. The van der Waals surface area contributed by atoms with Gasteiger partial charge in [-0.25, -0.2) is 0 Å². The molecule has 0 saturated carbocycles. The van der Waals surface area contributed by atoms with Crippen LogP contribution in [-0.2, 0) is 0 Å². The monoisotopic (exact) mass is 240 g/mol. The third-order valence-corrected chi connectivity index (χ3v) is 1.49. The van der Waals surface area contributed by atoms with Crippen LogP contribution in [0.5, 0.6) is 5.75 Å². The van der Waals surface area contributed by atoms with Crippen LogP contribution in [0.25, 0.3) is 0 Å². The second kappa shape index (κ2) is 4.24. The van der Waals surface area contributed by atoms with E-state index in [1.165, 1.54) is 0 Å². The summed E-state index contributed by atoms with van der Waals surface area (Å²) in [5.41, 5.74) is 3.21. The normalized spacial score (nSPS) is 11.1. The highest BCUT2D eigenvalue weighted by Crippen LogP contribution is 2.30. The van der Waals surface area contributed by atoms with Crippen LogP contribution in [0, 0.1) is 0 Å². The summed E-state index contributed by atoms with van der Waals surface area (Å²) in [7, 11) is 0. The first-order valence-corrected chi connectivity index (χ1v) is 4.47. The Morgan fingerprint density at radius 3 is 2.08 bits per heavy atom. The quantitative estimate of drug-likeness (QED) is 0.475. The van der Waals surface area contributed by atoms with Crippen molar-refractivity contribution in [1.29, 1.82) is 0 Å². The van der Waals surface area contributed by atoms with E-state index in [-0.39, 0.29) is 0 Å². The van der Waals surface area contributed by atoms with Crippen molar-refractivity contribution in [2.45, 2.75) is 3.98 Å². The summed E-state index contributed by atoms with van der Waals surface area (Å²) in [6, 6.07) is 6.67. The molecule has 0 spiro atoms. The minimum Gasteiger partial charge on any atom is -0.446 e. The van der Waals surface area contributed by atoms with Gasteiger partial charge in [0.15, 0.2) is 0 Å². The van der Waals surface area contributed by atoms with Gasteiger partial charge < -0.3 is 10.2 Å². The molecular formula is C7H7Cl3N2O. The summed E-state index contributed by atoms with van der Waals surface area (Å²) in [5.74, 6) is 5.62. The molecule has 0 saturated heterocycles. The lowest BCUT2D eigenvalue weighted by Gasteiger charge is -2.13. The largest absolute Gasteiger partial charge is 0.446 e. The molecule has 0 aliphatic heterocycles. The van der Waals surface area contributed by atoms with E-state index >= 15 is 0 Å². The maximum absolute atomic E-state index is 5.41. The van der Waals surface area contributed by atoms with Gasteiger partial charge in [-0.05, 0) is 59.1 Å². The molecule has 1 aromatic carbocycles. The lowest BCUT2D eigenvalue weighted by molar-refractivity contribution is 0.320. The highest BCUT2D eigenvalue weighted by Gasteiger charge is 2.21. The third kappa shape index (κ3) is 3.91. The number of nitrogen functional groups attached to an aromatic ring is 1. The van der Waals surface area contributed by atoms with Gasteiger partial charge in [0, 0.05) is 5.69 Å². The number of benzene rings is 1. The predicted molar refractivity (Wildman–Crippen MR) is 55.2 cm³/mol. The van der Waals surface area contributed by atoms with E-state index in [0.29, 0.717) is 5.75 Å². The summed E-state index contributed by atoms with van der Waals surface area (Å²) < 4.78 is 3.19. The number of alkyl halides is 3. The fourth-order valence-corrected chi connectivity index (χ4v) is 1.02. The Hall–Kier alpha value is -0.350. The molecule has 0 aromatic heterocycles. The summed E-state index contributed by atoms with van der Waals surface area (Å²) >= 11 is 16.2.